The topological polar surface area (TPSA) is 69.6 Å². The maximum Gasteiger partial charge on any atom is 0.339 e. The number of rotatable bonds is 2. The van der Waals surface area contributed by atoms with E-state index in [1.165, 1.54) is 0 Å². The van der Waals surface area contributed by atoms with Crippen LogP contribution in [0.2, 0.25) is 0 Å². The Morgan fingerprint density at radius 3 is 2.45 bits per heavy atom. The number of carboxylic acids is 1. The van der Waals surface area contributed by atoms with Gasteiger partial charge in [-0.2, -0.15) is 5.10 Å². The predicted octanol–water partition coefficient (Wildman–Crippen LogP) is 1.32. The first-order valence-electron chi connectivity index (χ1n) is 6.77. The third-order valence-electron chi connectivity index (χ3n) is 4.27. The first kappa shape index (κ1) is 14.7. The number of piperazine rings is 1. The third kappa shape index (κ3) is 2.47. The molecule has 1 aromatic heterocycles. The van der Waals surface area contributed by atoms with Gasteiger partial charge in [0.1, 0.15) is 5.56 Å². The minimum Gasteiger partial charge on any atom is -0.478 e. The quantitative estimate of drug-likeness (QED) is 0.880. The van der Waals surface area contributed by atoms with Crippen molar-refractivity contribution in [2.45, 2.75) is 33.2 Å². The lowest BCUT2D eigenvalue weighted by atomic mass is 9.99. The summed E-state index contributed by atoms with van der Waals surface area (Å²) in [4.78, 5) is 15.9. The summed E-state index contributed by atoms with van der Waals surface area (Å²) in [6.07, 6.45) is 0. The van der Waals surface area contributed by atoms with E-state index in [0.29, 0.717) is 17.1 Å². The number of nitrogens with zero attached hydrogens (tertiary/aromatic N) is 4. The standard InChI is InChI=1S/C14H22N4O2/c1-9-10(2)15-16-12(11(9)13(19)20)18-7-6-17(5)14(3,4)8-18/h6-8H2,1-5H3,(H,19,20). The Hall–Kier alpha value is -1.69. The molecule has 0 radical (unpaired) electrons. The monoisotopic (exact) mass is 278 g/mol. The fraction of sp³-hybridized carbons (Fsp3) is 0.643. The number of aromatic nitrogens is 2. The van der Waals surface area contributed by atoms with Crippen LogP contribution in [-0.2, 0) is 0 Å². The highest BCUT2D eigenvalue weighted by atomic mass is 16.4. The molecule has 1 saturated heterocycles. The zero-order valence-electron chi connectivity index (χ0n) is 12.8. The molecule has 2 heterocycles. The summed E-state index contributed by atoms with van der Waals surface area (Å²) in [5.41, 5.74) is 1.62. The number of carboxylic acid groups (broad SMARTS) is 1. The minimum absolute atomic E-state index is 0.0194. The number of hydrogen-bond acceptors (Lipinski definition) is 5. The summed E-state index contributed by atoms with van der Waals surface area (Å²) < 4.78 is 0. The van der Waals surface area contributed by atoms with Gasteiger partial charge in [0.05, 0.1) is 5.69 Å². The number of hydrogen-bond donors (Lipinski definition) is 1. The molecule has 2 rings (SSSR count). The average Bonchev–Trinajstić information content (AvgIpc) is 2.35. The largest absolute Gasteiger partial charge is 0.478 e. The lowest BCUT2D eigenvalue weighted by Crippen LogP contribution is -2.58. The van der Waals surface area contributed by atoms with E-state index in [1.807, 2.05) is 4.90 Å². The molecule has 6 heteroatoms. The van der Waals surface area contributed by atoms with Crippen molar-refractivity contribution in [2.24, 2.45) is 0 Å². The van der Waals surface area contributed by atoms with Crippen molar-refractivity contribution in [3.63, 3.8) is 0 Å². The highest BCUT2D eigenvalue weighted by molar-refractivity contribution is 5.95. The second kappa shape index (κ2) is 5.01. The minimum atomic E-state index is -0.938. The number of likely N-dealkylation sites (N-methyl/N-ethyl adjacent to an activating group) is 1. The normalized spacial score (nSPS) is 19.1. The molecule has 0 aromatic carbocycles. The molecule has 0 amide bonds. The number of aryl methyl sites for hydroxylation is 1. The van der Waals surface area contributed by atoms with Gasteiger partial charge in [0.2, 0.25) is 0 Å². The highest BCUT2D eigenvalue weighted by Gasteiger charge is 2.34. The van der Waals surface area contributed by atoms with E-state index in [-0.39, 0.29) is 11.1 Å². The summed E-state index contributed by atoms with van der Waals surface area (Å²) in [6, 6.07) is 0. The van der Waals surface area contributed by atoms with E-state index in [2.05, 4.69) is 36.0 Å². The van der Waals surface area contributed by atoms with Gasteiger partial charge in [-0.25, -0.2) is 4.79 Å². The summed E-state index contributed by atoms with van der Waals surface area (Å²) >= 11 is 0. The molecule has 1 N–H and O–H groups in total. The Morgan fingerprint density at radius 1 is 1.25 bits per heavy atom. The molecular formula is C14H22N4O2. The second-order valence-corrected chi connectivity index (χ2v) is 6.07. The molecular weight excluding hydrogens is 256 g/mol. The average molecular weight is 278 g/mol. The van der Waals surface area contributed by atoms with Gasteiger partial charge in [0.15, 0.2) is 5.82 Å². The molecule has 1 aliphatic rings. The van der Waals surface area contributed by atoms with Gasteiger partial charge < -0.3 is 10.0 Å². The Kier molecular flexibility index (Phi) is 3.69. The van der Waals surface area contributed by atoms with Crippen molar-refractivity contribution in [1.82, 2.24) is 15.1 Å². The van der Waals surface area contributed by atoms with Gasteiger partial charge in [-0.15, -0.1) is 5.10 Å². The summed E-state index contributed by atoms with van der Waals surface area (Å²) in [5, 5.41) is 17.7. The second-order valence-electron chi connectivity index (χ2n) is 6.07. The molecule has 1 fully saturated rings. The molecule has 0 saturated carbocycles. The maximum absolute atomic E-state index is 11.6. The van der Waals surface area contributed by atoms with Gasteiger partial charge in [-0.05, 0) is 40.3 Å². The van der Waals surface area contributed by atoms with Gasteiger partial charge >= 0.3 is 5.97 Å². The zero-order chi connectivity index (χ0) is 15.1. The van der Waals surface area contributed by atoms with Crippen LogP contribution in [0.25, 0.3) is 0 Å². The first-order chi connectivity index (χ1) is 9.24. The van der Waals surface area contributed by atoms with E-state index in [1.54, 1.807) is 13.8 Å². The van der Waals surface area contributed by atoms with Gasteiger partial charge in [0.25, 0.3) is 0 Å². The van der Waals surface area contributed by atoms with Crippen molar-refractivity contribution in [3.8, 4) is 0 Å². The molecule has 20 heavy (non-hydrogen) atoms. The Morgan fingerprint density at radius 2 is 1.90 bits per heavy atom. The van der Waals surface area contributed by atoms with Crippen molar-refractivity contribution < 1.29 is 9.90 Å². The van der Waals surface area contributed by atoms with Crippen LogP contribution in [0.5, 0.6) is 0 Å². The fourth-order valence-electron chi connectivity index (χ4n) is 2.49. The molecule has 0 unspecified atom stereocenters. The first-order valence-corrected chi connectivity index (χ1v) is 6.77. The SMILES string of the molecule is Cc1nnc(N2CCN(C)C(C)(C)C2)c(C(=O)O)c1C. The molecule has 1 aromatic rings. The van der Waals surface area contributed by atoms with Gasteiger partial charge in [0, 0.05) is 25.2 Å². The number of aromatic carboxylic acids is 1. The fourth-order valence-corrected chi connectivity index (χ4v) is 2.49. The molecule has 1 aliphatic heterocycles. The van der Waals surface area contributed by atoms with E-state index in [9.17, 15) is 9.90 Å². The van der Waals surface area contributed by atoms with Crippen molar-refractivity contribution in [3.05, 3.63) is 16.8 Å². The van der Waals surface area contributed by atoms with Crippen molar-refractivity contribution in [2.75, 3.05) is 31.6 Å². The number of anilines is 1. The molecule has 110 valence electrons. The Bertz CT molecular complexity index is 542. The highest BCUT2D eigenvalue weighted by Crippen LogP contribution is 2.27. The smallest absolute Gasteiger partial charge is 0.339 e. The molecule has 0 spiro atoms. The van der Waals surface area contributed by atoms with E-state index in [4.69, 9.17) is 0 Å². The van der Waals surface area contributed by atoms with Crippen molar-refractivity contribution >= 4 is 11.8 Å². The van der Waals surface area contributed by atoms with Crippen molar-refractivity contribution in [1.29, 1.82) is 0 Å². The molecule has 6 nitrogen and oxygen atoms in total. The van der Waals surface area contributed by atoms with Crippen LogP contribution in [-0.4, -0.2) is 58.4 Å². The third-order valence-corrected chi connectivity index (χ3v) is 4.27. The van der Waals surface area contributed by atoms with E-state index >= 15 is 0 Å². The summed E-state index contributed by atoms with van der Waals surface area (Å²) in [7, 11) is 2.08. The Labute approximate surface area is 119 Å². The van der Waals surface area contributed by atoms with Crippen LogP contribution in [0.4, 0.5) is 5.82 Å². The Balaban J connectivity index is 2.44. The molecule has 0 bridgehead atoms. The van der Waals surface area contributed by atoms with Crippen LogP contribution in [0, 0.1) is 13.8 Å². The zero-order valence-corrected chi connectivity index (χ0v) is 12.8. The maximum atomic E-state index is 11.6. The van der Waals surface area contributed by atoms with E-state index < -0.39 is 5.97 Å². The summed E-state index contributed by atoms with van der Waals surface area (Å²) in [5.74, 6) is -0.450. The summed E-state index contributed by atoms with van der Waals surface area (Å²) in [6.45, 7) is 10.2. The van der Waals surface area contributed by atoms with Crippen LogP contribution in [0.1, 0.15) is 35.5 Å². The van der Waals surface area contributed by atoms with Gasteiger partial charge in [-0.1, -0.05) is 0 Å². The van der Waals surface area contributed by atoms with E-state index in [0.717, 1.165) is 19.6 Å². The number of carbonyl (C=O) groups is 1. The lowest BCUT2D eigenvalue weighted by Gasteiger charge is -2.45. The van der Waals surface area contributed by atoms with Crippen LogP contribution in [0.3, 0.4) is 0 Å². The van der Waals surface area contributed by atoms with Crippen LogP contribution in [0.15, 0.2) is 0 Å². The predicted molar refractivity (Wildman–Crippen MR) is 77.4 cm³/mol. The lowest BCUT2D eigenvalue weighted by molar-refractivity contribution is 0.0694. The molecule has 0 aliphatic carbocycles. The van der Waals surface area contributed by atoms with Crippen LogP contribution < -0.4 is 4.90 Å². The van der Waals surface area contributed by atoms with Gasteiger partial charge in [-0.3, -0.25) is 4.90 Å². The van der Waals surface area contributed by atoms with Crippen LogP contribution >= 0.6 is 0 Å². The molecule has 0 atom stereocenters.